The predicted molar refractivity (Wildman–Crippen MR) is 48.4 cm³/mol. The van der Waals surface area contributed by atoms with Crippen LogP contribution in [0.3, 0.4) is 0 Å². The second kappa shape index (κ2) is 4.70. The van der Waals surface area contributed by atoms with Gasteiger partial charge in [-0.25, -0.2) is 0 Å². The Morgan fingerprint density at radius 2 is 2.21 bits per heavy atom. The number of nitrogens with one attached hydrogen (secondary N) is 1. The molecule has 6 nitrogen and oxygen atoms in total. The molecule has 6 heteroatoms. The fraction of sp³-hybridized carbons (Fsp3) is 0.875. The largest absolute Gasteiger partial charge is 0.388 e. The summed E-state index contributed by atoms with van der Waals surface area (Å²) in [6.07, 6.45) is -2.64. The summed E-state index contributed by atoms with van der Waals surface area (Å²) in [5, 5.41) is 21.6. The van der Waals surface area contributed by atoms with Gasteiger partial charge in [0.25, 0.3) is 0 Å². The van der Waals surface area contributed by atoms with Crippen LogP contribution in [-0.4, -0.2) is 53.6 Å². The van der Waals surface area contributed by atoms with E-state index in [1.165, 1.54) is 6.92 Å². The lowest BCUT2D eigenvalue weighted by molar-refractivity contribution is -0.151. The topological polar surface area (TPSA) is 105 Å². The van der Waals surface area contributed by atoms with Gasteiger partial charge in [0.1, 0.15) is 12.2 Å². The molecule has 0 bridgehead atoms. The standard InChI is InChI=1S/C8H16N2O4/c1-4(11)10-5-3-14-6(2-9)8(13)7(5)12/h5-8,12-13H,2-3,9H2,1H3,(H,10,11)/t5-,6?,7?,8?/m1/s1. The molecule has 4 atom stereocenters. The highest BCUT2D eigenvalue weighted by molar-refractivity contribution is 5.73. The first kappa shape index (κ1) is 11.4. The van der Waals surface area contributed by atoms with Crippen molar-refractivity contribution in [1.82, 2.24) is 5.32 Å². The summed E-state index contributed by atoms with van der Waals surface area (Å²) in [7, 11) is 0. The number of nitrogens with two attached hydrogens (primary N) is 1. The number of hydrogen-bond donors (Lipinski definition) is 4. The summed E-state index contributed by atoms with van der Waals surface area (Å²) in [6.45, 7) is 1.65. The Bertz CT molecular complexity index is 212. The predicted octanol–water partition coefficient (Wildman–Crippen LogP) is -2.43. The molecule has 82 valence electrons. The molecule has 5 N–H and O–H groups in total. The van der Waals surface area contributed by atoms with E-state index in [2.05, 4.69) is 5.32 Å². The summed E-state index contributed by atoms with van der Waals surface area (Å²) < 4.78 is 5.17. The molecule has 1 amide bonds. The molecule has 0 radical (unpaired) electrons. The highest BCUT2D eigenvalue weighted by Gasteiger charge is 2.37. The van der Waals surface area contributed by atoms with E-state index in [1.54, 1.807) is 0 Å². The molecule has 0 aliphatic carbocycles. The second-order valence-corrected chi connectivity index (χ2v) is 3.40. The van der Waals surface area contributed by atoms with Crippen LogP contribution in [0.5, 0.6) is 0 Å². The first-order valence-corrected chi connectivity index (χ1v) is 4.51. The zero-order chi connectivity index (χ0) is 10.7. The first-order valence-electron chi connectivity index (χ1n) is 4.51. The van der Waals surface area contributed by atoms with E-state index in [4.69, 9.17) is 10.5 Å². The summed E-state index contributed by atoms with van der Waals surface area (Å²) in [5.41, 5.74) is 5.32. The van der Waals surface area contributed by atoms with Crippen LogP contribution < -0.4 is 11.1 Å². The molecule has 0 aromatic rings. The number of hydrogen-bond acceptors (Lipinski definition) is 5. The Morgan fingerprint density at radius 1 is 1.57 bits per heavy atom. The number of aliphatic hydroxyl groups excluding tert-OH is 2. The SMILES string of the molecule is CC(=O)N[C@@H]1COC(CN)C(O)C1O. The summed E-state index contributed by atoms with van der Waals surface area (Å²) in [5.74, 6) is -0.268. The zero-order valence-electron chi connectivity index (χ0n) is 8.01. The molecule has 0 spiro atoms. The number of ether oxygens (including phenoxy) is 1. The Morgan fingerprint density at radius 3 is 2.71 bits per heavy atom. The van der Waals surface area contributed by atoms with Crippen LogP contribution in [0.25, 0.3) is 0 Å². The number of amides is 1. The molecule has 0 saturated carbocycles. The molecule has 1 aliphatic heterocycles. The Labute approximate surface area is 82.0 Å². The van der Waals surface area contributed by atoms with Crippen molar-refractivity contribution in [3.8, 4) is 0 Å². The number of carbonyl (C=O) groups is 1. The van der Waals surface area contributed by atoms with Gasteiger partial charge in [-0.2, -0.15) is 0 Å². The van der Waals surface area contributed by atoms with E-state index in [0.717, 1.165) is 0 Å². The van der Waals surface area contributed by atoms with E-state index < -0.39 is 24.4 Å². The average Bonchev–Trinajstić information content (AvgIpc) is 2.13. The monoisotopic (exact) mass is 204 g/mol. The van der Waals surface area contributed by atoms with Crippen molar-refractivity contribution in [2.75, 3.05) is 13.2 Å². The maximum absolute atomic E-state index is 10.7. The fourth-order valence-electron chi connectivity index (χ4n) is 1.48. The molecular formula is C8H16N2O4. The zero-order valence-corrected chi connectivity index (χ0v) is 8.01. The minimum absolute atomic E-state index is 0.144. The lowest BCUT2D eigenvalue weighted by Gasteiger charge is -2.37. The van der Waals surface area contributed by atoms with Crippen LogP contribution in [0.15, 0.2) is 0 Å². The molecule has 0 aromatic heterocycles. The van der Waals surface area contributed by atoms with Gasteiger partial charge in [-0.05, 0) is 0 Å². The third-order valence-corrected chi connectivity index (χ3v) is 2.25. The minimum atomic E-state index is -1.05. The summed E-state index contributed by atoms with van der Waals surface area (Å²) >= 11 is 0. The van der Waals surface area contributed by atoms with Crippen molar-refractivity contribution in [3.63, 3.8) is 0 Å². The lowest BCUT2D eigenvalue weighted by atomic mass is 9.98. The van der Waals surface area contributed by atoms with E-state index in [1.807, 2.05) is 0 Å². The molecule has 1 heterocycles. The lowest BCUT2D eigenvalue weighted by Crippen LogP contribution is -2.60. The van der Waals surface area contributed by atoms with Gasteiger partial charge in [-0.15, -0.1) is 0 Å². The Kier molecular flexibility index (Phi) is 3.82. The smallest absolute Gasteiger partial charge is 0.217 e. The van der Waals surface area contributed by atoms with Gasteiger partial charge in [0.05, 0.1) is 18.8 Å². The number of aliphatic hydroxyl groups is 2. The Balaban J connectivity index is 2.54. The van der Waals surface area contributed by atoms with Gasteiger partial charge in [0, 0.05) is 13.5 Å². The molecule has 14 heavy (non-hydrogen) atoms. The van der Waals surface area contributed by atoms with E-state index in [9.17, 15) is 15.0 Å². The maximum Gasteiger partial charge on any atom is 0.217 e. The third kappa shape index (κ3) is 2.42. The van der Waals surface area contributed by atoms with Gasteiger partial charge < -0.3 is 26.0 Å². The molecule has 1 fully saturated rings. The van der Waals surface area contributed by atoms with Gasteiger partial charge in [-0.1, -0.05) is 0 Å². The quantitative estimate of drug-likeness (QED) is 0.400. The third-order valence-electron chi connectivity index (χ3n) is 2.25. The van der Waals surface area contributed by atoms with Crippen molar-refractivity contribution in [3.05, 3.63) is 0 Å². The highest BCUT2D eigenvalue weighted by atomic mass is 16.5. The average molecular weight is 204 g/mol. The van der Waals surface area contributed by atoms with Crippen LogP contribution in [0.1, 0.15) is 6.92 Å². The summed E-state index contributed by atoms with van der Waals surface area (Å²) in [4.78, 5) is 10.7. The van der Waals surface area contributed by atoms with Crippen molar-refractivity contribution in [2.24, 2.45) is 5.73 Å². The Hall–Kier alpha value is -0.690. The van der Waals surface area contributed by atoms with Crippen molar-refractivity contribution < 1.29 is 19.7 Å². The van der Waals surface area contributed by atoms with Crippen LogP contribution >= 0.6 is 0 Å². The van der Waals surface area contributed by atoms with Crippen LogP contribution in [0, 0.1) is 0 Å². The number of rotatable bonds is 2. The van der Waals surface area contributed by atoms with Crippen LogP contribution in [-0.2, 0) is 9.53 Å². The molecule has 3 unspecified atom stereocenters. The first-order chi connectivity index (χ1) is 6.56. The van der Waals surface area contributed by atoms with E-state index in [0.29, 0.717) is 0 Å². The van der Waals surface area contributed by atoms with Crippen molar-refractivity contribution in [2.45, 2.75) is 31.3 Å². The number of carbonyl (C=O) groups excluding carboxylic acids is 1. The van der Waals surface area contributed by atoms with Gasteiger partial charge >= 0.3 is 0 Å². The molecule has 1 aliphatic rings. The van der Waals surface area contributed by atoms with E-state index in [-0.39, 0.29) is 19.1 Å². The van der Waals surface area contributed by atoms with Gasteiger partial charge in [0.2, 0.25) is 5.91 Å². The molecular weight excluding hydrogens is 188 g/mol. The van der Waals surface area contributed by atoms with Crippen molar-refractivity contribution in [1.29, 1.82) is 0 Å². The summed E-state index contributed by atoms with van der Waals surface area (Å²) in [6, 6.07) is -0.565. The fourth-order valence-corrected chi connectivity index (χ4v) is 1.48. The second-order valence-electron chi connectivity index (χ2n) is 3.40. The normalized spacial score (nSPS) is 38.0. The maximum atomic E-state index is 10.7. The molecule has 1 rings (SSSR count). The van der Waals surface area contributed by atoms with Gasteiger partial charge in [0.15, 0.2) is 0 Å². The van der Waals surface area contributed by atoms with Crippen molar-refractivity contribution >= 4 is 5.91 Å². The van der Waals surface area contributed by atoms with Gasteiger partial charge in [-0.3, -0.25) is 4.79 Å². The molecule has 1 saturated heterocycles. The highest BCUT2D eigenvalue weighted by Crippen LogP contribution is 2.14. The minimum Gasteiger partial charge on any atom is -0.388 e. The molecule has 0 aromatic carbocycles. The van der Waals surface area contributed by atoms with Crippen LogP contribution in [0.4, 0.5) is 0 Å². The van der Waals surface area contributed by atoms with E-state index >= 15 is 0 Å². The van der Waals surface area contributed by atoms with Crippen LogP contribution in [0.2, 0.25) is 0 Å².